The highest BCUT2D eigenvalue weighted by Gasteiger charge is 2.23. The number of ether oxygens (including phenoxy) is 1. The molecule has 1 atom stereocenters. The van der Waals surface area contributed by atoms with Crippen molar-refractivity contribution in [1.29, 1.82) is 0 Å². The van der Waals surface area contributed by atoms with Crippen LogP contribution in [0, 0.1) is 0 Å². The molecule has 0 aliphatic heterocycles. The van der Waals surface area contributed by atoms with Gasteiger partial charge in [0, 0.05) is 36.5 Å². The minimum atomic E-state index is -0.127. The van der Waals surface area contributed by atoms with Crippen molar-refractivity contribution in [3.05, 3.63) is 126 Å². The molecule has 0 spiro atoms. The summed E-state index contributed by atoms with van der Waals surface area (Å²) in [6.07, 6.45) is 4.06. The Labute approximate surface area is 205 Å². The van der Waals surface area contributed by atoms with Gasteiger partial charge in [0.2, 0.25) is 5.91 Å². The number of amides is 1. The van der Waals surface area contributed by atoms with E-state index in [1.165, 1.54) is 0 Å². The highest BCUT2D eigenvalue weighted by atomic mass is 16.5. The maximum atomic E-state index is 13.0. The summed E-state index contributed by atoms with van der Waals surface area (Å²) in [5, 5.41) is 4.15. The molecule has 1 N–H and O–H groups in total. The van der Waals surface area contributed by atoms with Gasteiger partial charge in [-0.3, -0.25) is 4.79 Å². The number of aromatic nitrogens is 1. The van der Waals surface area contributed by atoms with E-state index in [2.05, 4.69) is 40.3 Å². The van der Waals surface area contributed by atoms with Crippen molar-refractivity contribution >= 4 is 16.8 Å². The smallest absolute Gasteiger partial charge is 0.221 e. The topological polar surface area (TPSA) is 56.4 Å². The summed E-state index contributed by atoms with van der Waals surface area (Å²) in [6.45, 7) is 0.862. The van der Waals surface area contributed by atoms with E-state index in [1.54, 1.807) is 6.26 Å². The zero-order valence-electron chi connectivity index (χ0n) is 19.7. The van der Waals surface area contributed by atoms with Gasteiger partial charge in [-0.15, -0.1) is 0 Å². The van der Waals surface area contributed by atoms with Gasteiger partial charge in [0.1, 0.15) is 18.1 Å². The lowest BCUT2D eigenvalue weighted by Crippen LogP contribution is -2.24. The largest absolute Gasteiger partial charge is 0.489 e. The van der Waals surface area contributed by atoms with Gasteiger partial charge in [-0.2, -0.15) is 0 Å². The molecular weight excluding hydrogens is 436 g/mol. The van der Waals surface area contributed by atoms with Crippen molar-refractivity contribution in [3.63, 3.8) is 0 Å². The van der Waals surface area contributed by atoms with E-state index in [1.807, 2.05) is 73.8 Å². The van der Waals surface area contributed by atoms with E-state index < -0.39 is 0 Å². The first kappa shape index (κ1) is 22.5. The van der Waals surface area contributed by atoms with Crippen LogP contribution in [0.3, 0.4) is 0 Å². The Bertz CT molecular complexity index is 1400. The number of hydrogen-bond acceptors (Lipinski definition) is 3. The number of hydrogen-bond donors (Lipinski definition) is 1. The molecule has 5 heteroatoms. The number of nitrogens with zero attached hydrogens (tertiary/aromatic N) is 1. The average molecular weight is 465 g/mol. The van der Waals surface area contributed by atoms with E-state index in [0.717, 1.165) is 39.1 Å². The summed E-state index contributed by atoms with van der Waals surface area (Å²) >= 11 is 0. The SMILES string of the molecule is Cn1cc(C(CC(=O)NCc2ccco2)c2cccc(OCc3ccccc3)c2)c2ccccc21. The lowest BCUT2D eigenvalue weighted by Gasteiger charge is -2.18. The summed E-state index contributed by atoms with van der Waals surface area (Å²) in [5.74, 6) is 1.36. The van der Waals surface area contributed by atoms with Gasteiger partial charge in [0.15, 0.2) is 0 Å². The third-order valence-electron chi connectivity index (χ3n) is 6.24. The minimum absolute atomic E-state index is 0.0325. The Hall–Kier alpha value is -4.25. The molecule has 3 aromatic carbocycles. The molecule has 5 rings (SSSR count). The Kier molecular flexibility index (Phi) is 6.66. The number of rotatable bonds is 9. The number of fused-ring (bicyclic) bond motifs is 1. The van der Waals surface area contributed by atoms with Crippen LogP contribution in [0.15, 0.2) is 108 Å². The van der Waals surface area contributed by atoms with Crippen LogP contribution in [-0.4, -0.2) is 10.5 Å². The first-order chi connectivity index (χ1) is 17.2. The fourth-order valence-corrected chi connectivity index (χ4v) is 4.48. The lowest BCUT2D eigenvalue weighted by molar-refractivity contribution is -0.121. The first-order valence-electron chi connectivity index (χ1n) is 11.8. The lowest BCUT2D eigenvalue weighted by atomic mass is 9.88. The Morgan fingerprint density at radius 3 is 2.63 bits per heavy atom. The molecule has 35 heavy (non-hydrogen) atoms. The number of carbonyl (C=O) groups excluding carboxylic acids is 1. The quantitative estimate of drug-likeness (QED) is 0.283. The van der Waals surface area contributed by atoms with E-state index >= 15 is 0 Å². The number of para-hydroxylation sites is 1. The molecule has 0 saturated carbocycles. The molecule has 2 heterocycles. The molecule has 1 unspecified atom stereocenters. The maximum absolute atomic E-state index is 13.0. The van der Waals surface area contributed by atoms with Crippen LogP contribution in [0.1, 0.15) is 34.8 Å². The molecule has 5 nitrogen and oxygen atoms in total. The second-order valence-corrected chi connectivity index (χ2v) is 8.67. The van der Waals surface area contributed by atoms with Gasteiger partial charge in [0.25, 0.3) is 0 Å². The van der Waals surface area contributed by atoms with E-state index in [-0.39, 0.29) is 11.8 Å². The van der Waals surface area contributed by atoms with Crippen LogP contribution in [0.2, 0.25) is 0 Å². The highest BCUT2D eigenvalue weighted by molar-refractivity contribution is 5.86. The zero-order chi connectivity index (χ0) is 24.0. The van der Waals surface area contributed by atoms with Crippen molar-refractivity contribution in [3.8, 4) is 5.75 Å². The minimum Gasteiger partial charge on any atom is -0.489 e. The molecule has 0 saturated heterocycles. The first-order valence-corrected chi connectivity index (χ1v) is 11.8. The molecule has 0 fully saturated rings. The average Bonchev–Trinajstić information content (AvgIpc) is 3.54. The van der Waals surface area contributed by atoms with Crippen LogP contribution in [0.4, 0.5) is 0 Å². The number of nitrogens with one attached hydrogen (secondary N) is 1. The van der Waals surface area contributed by atoms with Crippen LogP contribution in [0.25, 0.3) is 10.9 Å². The van der Waals surface area contributed by atoms with E-state index in [0.29, 0.717) is 19.6 Å². The highest BCUT2D eigenvalue weighted by Crippen LogP contribution is 2.35. The van der Waals surface area contributed by atoms with Crippen molar-refractivity contribution in [2.24, 2.45) is 7.05 Å². The van der Waals surface area contributed by atoms with Gasteiger partial charge in [-0.25, -0.2) is 0 Å². The molecule has 0 radical (unpaired) electrons. The Morgan fingerprint density at radius 1 is 0.971 bits per heavy atom. The third-order valence-corrected chi connectivity index (χ3v) is 6.24. The third kappa shape index (κ3) is 5.30. The Balaban J connectivity index is 1.43. The van der Waals surface area contributed by atoms with Crippen molar-refractivity contribution in [1.82, 2.24) is 9.88 Å². The molecule has 0 aliphatic rings. The summed E-state index contributed by atoms with van der Waals surface area (Å²) in [7, 11) is 2.04. The normalized spacial score (nSPS) is 11.9. The summed E-state index contributed by atoms with van der Waals surface area (Å²) < 4.78 is 13.6. The summed E-state index contributed by atoms with van der Waals surface area (Å²) in [4.78, 5) is 13.0. The predicted octanol–water partition coefficient (Wildman–Crippen LogP) is 6.19. The predicted molar refractivity (Wildman–Crippen MR) is 137 cm³/mol. The van der Waals surface area contributed by atoms with Gasteiger partial charge >= 0.3 is 0 Å². The fourth-order valence-electron chi connectivity index (χ4n) is 4.48. The van der Waals surface area contributed by atoms with Crippen molar-refractivity contribution in [2.75, 3.05) is 0 Å². The molecule has 0 bridgehead atoms. The molecule has 176 valence electrons. The van der Waals surface area contributed by atoms with Gasteiger partial charge in [-0.1, -0.05) is 60.7 Å². The van der Waals surface area contributed by atoms with Gasteiger partial charge < -0.3 is 19.0 Å². The van der Waals surface area contributed by atoms with Crippen LogP contribution in [-0.2, 0) is 25.0 Å². The second kappa shape index (κ2) is 10.3. The summed E-state index contributed by atoms with van der Waals surface area (Å²) in [5.41, 5.74) is 4.41. The molecule has 0 aliphatic carbocycles. The zero-order valence-corrected chi connectivity index (χ0v) is 19.7. The maximum Gasteiger partial charge on any atom is 0.221 e. The van der Waals surface area contributed by atoms with Crippen LogP contribution >= 0.6 is 0 Å². The molecule has 1 amide bonds. The number of carbonyl (C=O) groups is 1. The number of furan rings is 1. The standard InChI is InChI=1S/C30H28N2O3/c1-32-20-28(26-14-5-6-15-29(26)32)27(18-30(33)31-19-25-13-8-16-34-25)23-11-7-12-24(17-23)35-21-22-9-3-2-4-10-22/h2-17,20,27H,18-19,21H2,1H3,(H,31,33). The second-order valence-electron chi connectivity index (χ2n) is 8.67. The van der Waals surface area contributed by atoms with Crippen molar-refractivity contribution < 1.29 is 13.9 Å². The van der Waals surface area contributed by atoms with Gasteiger partial charge in [-0.05, 0) is 47.0 Å². The van der Waals surface area contributed by atoms with Crippen LogP contribution < -0.4 is 10.1 Å². The fraction of sp³-hybridized carbons (Fsp3) is 0.167. The monoisotopic (exact) mass is 464 g/mol. The van der Waals surface area contributed by atoms with Crippen molar-refractivity contribution in [2.45, 2.75) is 25.5 Å². The van der Waals surface area contributed by atoms with Crippen LogP contribution in [0.5, 0.6) is 5.75 Å². The molecular formula is C30H28N2O3. The number of benzene rings is 3. The summed E-state index contributed by atoms with van der Waals surface area (Å²) in [6, 6.07) is 30.2. The van der Waals surface area contributed by atoms with Gasteiger partial charge in [0.05, 0.1) is 12.8 Å². The van der Waals surface area contributed by atoms with E-state index in [4.69, 9.17) is 9.15 Å². The van der Waals surface area contributed by atoms with E-state index in [9.17, 15) is 4.79 Å². The Morgan fingerprint density at radius 2 is 1.80 bits per heavy atom. The molecule has 5 aromatic rings. The molecule has 2 aromatic heterocycles. The number of aryl methyl sites for hydroxylation is 1.